The first kappa shape index (κ1) is 21.9. The van der Waals surface area contributed by atoms with Crippen LogP contribution in [0.3, 0.4) is 0 Å². The number of nitrogens with one attached hydrogen (secondary N) is 3. The molecule has 0 unspecified atom stereocenters. The second kappa shape index (κ2) is 9.52. The number of rotatable bonds is 6. The first-order valence-electron chi connectivity index (χ1n) is 11.2. The van der Waals surface area contributed by atoms with Gasteiger partial charge in [0.25, 0.3) is 5.91 Å². The average molecular weight is 462 g/mol. The molecular formula is C28H25N6O+. The highest BCUT2D eigenvalue weighted by Gasteiger charge is 2.08. The molecule has 2 heterocycles. The van der Waals surface area contributed by atoms with Crippen molar-refractivity contribution in [3.05, 3.63) is 109 Å². The normalized spacial score (nSPS) is 10.7. The quantitative estimate of drug-likeness (QED) is 0.201. The average Bonchev–Trinajstić information content (AvgIpc) is 2.87. The van der Waals surface area contributed by atoms with Crippen LogP contribution in [-0.4, -0.2) is 10.9 Å². The molecule has 0 aliphatic heterocycles. The van der Waals surface area contributed by atoms with Crippen molar-refractivity contribution in [1.82, 2.24) is 4.98 Å². The number of fused-ring (bicyclic) bond motifs is 1. The Hall–Kier alpha value is -4.91. The van der Waals surface area contributed by atoms with Crippen LogP contribution < -0.4 is 26.3 Å². The summed E-state index contributed by atoms with van der Waals surface area (Å²) < 4.78 is 1.98. The van der Waals surface area contributed by atoms with E-state index in [1.165, 1.54) is 0 Å². The van der Waals surface area contributed by atoms with Crippen molar-refractivity contribution in [2.45, 2.75) is 0 Å². The van der Waals surface area contributed by atoms with Gasteiger partial charge < -0.3 is 21.7 Å². The van der Waals surface area contributed by atoms with Crippen LogP contribution >= 0.6 is 0 Å². The van der Waals surface area contributed by atoms with E-state index in [4.69, 9.17) is 5.73 Å². The molecule has 0 saturated carbocycles. The van der Waals surface area contributed by atoms with Crippen molar-refractivity contribution >= 4 is 50.9 Å². The van der Waals surface area contributed by atoms with Gasteiger partial charge in [-0.15, -0.1) is 0 Å². The van der Waals surface area contributed by atoms with Crippen LogP contribution in [0.1, 0.15) is 10.4 Å². The number of carbonyl (C=O) groups is 1. The van der Waals surface area contributed by atoms with Gasteiger partial charge >= 0.3 is 0 Å². The fraction of sp³-hybridized carbons (Fsp3) is 0.0357. The van der Waals surface area contributed by atoms with Crippen LogP contribution in [0, 0.1) is 0 Å². The molecule has 5 rings (SSSR count). The molecule has 1 amide bonds. The molecule has 0 aliphatic rings. The predicted octanol–water partition coefficient (Wildman–Crippen LogP) is 5.38. The lowest BCUT2D eigenvalue weighted by molar-refractivity contribution is -0.671. The van der Waals surface area contributed by atoms with Crippen LogP contribution in [0.25, 0.3) is 10.9 Å². The largest absolute Gasteiger partial charge is 0.399 e. The smallest absolute Gasteiger partial charge is 0.255 e. The minimum Gasteiger partial charge on any atom is -0.399 e. The van der Waals surface area contributed by atoms with E-state index < -0.39 is 0 Å². The molecule has 0 saturated heterocycles. The van der Waals surface area contributed by atoms with Crippen molar-refractivity contribution < 1.29 is 9.36 Å². The van der Waals surface area contributed by atoms with Gasteiger partial charge in [0.15, 0.2) is 12.4 Å². The molecule has 7 heteroatoms. The van der Waals surface area contributed by atoms with Gasteiger partial charge in [0.2, 0.25) is 0 Å². The first-order chi connectivity index (χ1) is 17.0. The van der Waals surface area contributed by atoms with Gasteiger partial charge in [0.1, 0.15) is 7.05 Å². The number of carbonyl (C=O) groups excluding carboxylic acids is 1. The summed E-state index contributed by atoms with van der Waals surface area (Å²) in [5, 5.41) is 10.7. The Morgan fingerprint density at radius 1 is 0.771 bits per heavy atom. The lowest BCUT2D eigenvalue weighted by atomic mass is 10.1. The summed E-state index contributed by atoms with van der Waals surface area (Å²) in [6, 6.07) is 26.5. The SMILES string of the molecule is C[n+]1ccc(Nc2ccc(NC(=O)c3ccc(Nc4ccnc5cc(N)ccc45)cc3)cc2)cc1. The number of nitrogens with zero attached hydrogens (tertiary/aromatic N) is 2. The van der Waals surface area contributed by atoms with E-state index in [0.717, 1.165) is 39.3 Å². The zero-order valence-electron chi connectivity index (χ0n) is 19.2. The second-order valence-corrected chi connectivity index (χ2v) is 8.25. The number of amides is 1. The maximum atomic E-state index is 12.7. The fourth-order valence-electron chi connectivity index (χ4n) is 3.73. The molecule has 2 aromatic heterocycles. The van der Waals surface area contributed by atoms with Crippen LogP contribution in [0.4, 0.5) is 34.1 Å². The molecule has 35 heavy (non-hydrogen) atoms. The molecule has 0 atom stereocenters. The van der Waals surface area contributed by atoms with E-state index in [0.29, 0.717) is 11.3 Å². The number of benzene rings is 3. The zero-order valence-corrected chi connectivity index (χ0v) is 19.2. The molecule has 3 aromatic carbocycles. The first-order valence-corrected chi connectivity index (χ1v) is 11.2. The number of pyridine rings is 2. The summed E-state index contributed by atoms with van der Waals surface area (Å²) in [6.45, 7) is 0. The molecule has 5 N–H and O–H groups in total. The molecule has 172 valence electrons. The van der Waals surface area contributed by atoms with E-state index in [1.807, 2.05) is 96.8 Å². The summed E-state index contributed by atoms with van der Waals surface area (Å²) >= 11 is 0. The standard InChI is InChI=1S/C28H24N6O/c1-34-16-13-24(14-17-34)31-21-7-9-23(10-8-21)33-28(35)19-2-5-22(6-3-19)32-26-12-15-30-27-18-20(29)4-11-25(26)27/h2-18H,1H3,(H4,29,30,32,33,35)/p+1. The topological polar surface area (TPSA) is 96.0 Å². The van der Waals surface area contributed by atoms with Crippen LogP contribution in [-0.2, 0) is 7.05 Å². The molecule has 0 spiro atoms. The monoisotopic (exact) mass is 461 g/mol. The van der Waals surface area contributed by atoms with E-state index in [1.54, 1.807) is 18.3 Å². The molecule has 7 nitrogen and oxygen atoms in total. The highest BCUT2D eigenvalue weighted by atomic mass is 16.1. The van der Waals surface area contributed by atoms with Crippen molar-refractivity contribution in [1.29, 1.82) is 0 Å². The third-order valence-electron chi connectivity index (χ3n) is 5.60. The lowest BCUT2D eigenvalue weighted by Crippen LogP contribution is -2.25. The van der Waals surface area contributed by atoms with Crippen molar-refractivity contribution in [3.8, 4) is 0 Å². The maximum Gasteiger partial charge on any atom is 0.255 e. The van der Waals surface area contributed by atoms with Gasteiger partial charge in [0, 0.05) is 57.7 Å². The summed E-state index contributed by atoms with van der Waals surface area (Å²) in [5.41, 5.74) is 12.4. The van der Waals surface area contributed by atoms with E-state index in [2.05, 4.69) is 20.9 Å². The van der Waals surface area contributed by atoms with Gasteiger partial charge in [-0.25, -0.2) is 4.57 Å². The minimum atomic E-state index is -0.169. The van der Waals surface area contributed by atoms with Crippen LogP contribution in [0.15, 0.2) is 104 Å². The third-order valence-corrected chi connectivity index (χ3v) is 5.60. The number of hydrogen-bond acceptors (Lipinski definition) is 5. The number of hydrogen-bond donors (Lipinski definition) is 4. The van der Waals surface area contributed by atoms with E-state index >= 15 is 0 Å². The Labute approximate surface area is 203 Å². The molecular weight excluding hydrogens is 436 g/mol. The molecule has 0 fully saturated rings. The van der Waals surface area contributed by atoms with E-state index in [-0.39, 0.29) is 5.91 Å². The number of aryl methyl sites for hydroxylation is 1. The molecule has 0 bridgehead atoms. The maximum absolute atomic E-state index is 12.7. The van der Waals surface area contributed by atoms with Gasteiger partial charge in [-0.1, -0.05) is 0 Å². The summed E-state index contributed by atoms with van der Waals surface area (Å²) in [6.07, 6.45) is 5.70. The van der Waals surface area contributed by atoms with Crippen molar-refractivity contribution in [2.24, 2.45) is 7.05 Å². The van der Waals surface area contributed by atoms with Gasteiger partial charge in [0.05, 0.1) is 11.2 Å². The Balaban J connectivity index is 1.23. The summed E-state index contributed by atoms with van der Waals surface area (Å²) in [4.78, 5) is 17.1. The lowest BCUT2D eigenvalue weighted by Gasteiger charge is -2.11. The number of nitrogens with two attached hydrogens (primary N) is 1. The van der Waals surface area contributed by atoms with Crippen molar-refractivity contribution in [2.75, 3.05) is 21.7 Å². The number of anilines is 6. The van der Waals surface area contributed by atoms with Gasteiger partial charge in [-0.2, -0.15) is 0 Å². The van der Waals surface area contributed by atoms with Crippen LogP contribution in [0.2, 0.25) is 0 Å². The van der Waals surface area contributed by atoms with Crippen LogP contribution in [0.5, 0.6) is 0 Å². The molecule has 0 radical (unpaired) electrons. The fourth-order valence-corrected chi connectivity index (χ4v) is 3.73. The Kier molecular flexibility index (Phi) is 5.96. The summed E-state index contributed by atoms with van der Waals surface area (Å²) in [7, 11) is 1.98. The minimum absolute atomic E-state index is 0.169. The Morgan fingerprint density at radius 3 is 2.14 bits per heavy atom. The Bertz CT molecular complexity index is 1480. The molecule has 5 aromatic rings. The van der Waals surface area contributed by atoms with Gasteiger partial charge in [-0.3, -0.25) is 9.78 Å². The second-order valence-electron chi connectivity index (χ2n) is 8.25. The number of aromatic nitrogens is 2. The number of nitrogen functional groups attached to an aromatic ring is 1. The van der Waals surface area contributed by atoms with E-state index in [9.17, 15) is 4.79 Å². The third kappa shape index (κ3) is 5.20. The zero-order chi connectivity index (χ0) is 24.2. The molecule has 0 aliphatic carbocycles. The predicted molar refractivity (Wildman–Crippen MR) is 141 cm³/mol. The highest BCUT2D eigenvalue weighted by Crippen LogP contribution is 2.27. The Morgan fingerprint density at radius 2 is 1.40 bits per heavy atom. The van der Waals surface area contributed by atoms with Gasteiger partial charge in [-0.05, 0) is 72.8 Å². The van der Waals surface area contributed by atoms with Crippen molar-refractivity contribution in [3.63, 3.8) is 0 Å². The summed E-state index contributed by atoms with van der Waals surface area (Å²) in [5.74, 6) is -0.169. The highest BCUT2D eigenvalue weighted by molar-refractivity contribution is 6.04.